The summed E-state index contributed by atoms with van der Waals surface area (Å²) in [5.74, 6) is -0.860. The zero-order valence-corrected chi connectivity index (χ0v) is 11.2. The maximum absolute atomic E-state index is 10.3. The Hall–Kier alpha value is -0.910. The van der Waals surface area contributed by atoms with Gasteiger partial charge >= 0.3 is 5.97 Å². The van der Waals surface area contributed by atoms with Crippen LogP contribution in [0.25, 0.3) is 0 Å². The molecule has 0 aromatic carbocycles. The molecular formula is C13H26O5. The lowest BCUT2D eigenvalue weighted by Gasteiger charge is -1.98. The highest BCUT2D eigenvalue weighted by atomic mass is 16.5. The number of aliphatic hydroxyl groups is 2. The van der Waals surface area contributed by atoms with E-state index in [9.17, 15) is 4.79 Å². The Morgan fingerprint density at radius 2 is 1.67 bits per heavy atom. The smallest absolute Gasteiger partial charge is 0.330 e. The second-order valence-corrected chi connectivity index (χ2v) is 3.78. The molecule has 0 rings (SSSR count). The molecule has 0 aliphatic heterocycles. The lowest BCUT2D eigenvalue weighted by Crippen LogP contribution is -2.03. The molecule has 0 bridgehead atoms. The second-order valence-electron chi connectivity index (χ2n) is 3.78. The summed E-state index contributed by atoms with van der Waals surface area (Å²) in [6.07, 6.45) is 5.07. The van der Waals surface area contributed by atoms with Crippen molar-refractivity contribution in [2.45, 2.75) is 39.0 Å². The maximum atomic E-state index is 10.3. The van der Waals surface area contributed by atoms with Crippen LogP contribution in [0.4, 0.5) is 0 Å². The Morgan fingerprint density at radius 1 is 1.11 bits per heavy atom. The van der Waals surface area contributed by atoms with Gasteiger partial charge in [-0.15, -0.1) is 0 Å². The highest BCUT2D eigenvalue weighted by molar-refractivity contribution is 5.85. The normalized spacial score (nSPS) is 9.50. The van der Waals surface area contributed by atoms with Crippen molar-refractivity contribution in [3.05, 3.63) is 12.2 Å². The molecule has 0 aromatic rings. The topological polar surface area (TPSA) is 87.0 Å². The monoisotopic (exact) mass is 262 g/mol. The average Bonchev–Trinajstić information content (AvgIpc) is 2.36. The molecule has 0 atom stereocenters. The van der Waals surface area contributed by atoms with Crippen molar-refractivity contribution in [3.8, 4) is 0 Å². The van der Waals surface area contributed by atoms with Crippen LogP contribution in [0.1, 0.15) is 39.0 Å². The van der Waals surface area contributed by atoms with E-state index in [0.29, 0.717) is 25.2 Å². The molecule has 0 amide bonds. The fraction of sp³-hybridized carbons (Fsp3) is 0.769. The number of hydrogen-bond acceptors (Lipinski definition) is 4. The Labute approximate surface area is 109 Å². The fourth-order valence-electron chi connectivity index (χ4n) is 1.10. The molecule has 0 saturated carbocycles. The summed E-state index contributed by atoms with van der Waals surface area (Å²) in [5.41, 5.74) is 0.334. The molecule has 0 spiro atoms. The van der Waals surface area contributed by atoms with Gasteiger partial charge in [-0.1, -0.05) is 32.8 Å². The van der Waals surface area contributed by atoms with Crippen LogP contribution >= 0.6 is 0 Å². The second kappa shape index (κ2) is 16.1. The van der Waals surface area contributed by atoms with Crippen LogP contribution in [0.3, 0.4) is 0 Å². The molecule has 0 aromatic heterocycles. The molecule has 5 heteroatoms. The number of aliphatic hydroxyl groups excluding tert-OH is 2. The van der Waals surface area contributed by atoms with E-state index in [-0.39, 0.29) is 13.2 Å². The first-order valence-corrected chi connectivity index (χ1v) is 6.30. The lowest BCUT2D eigenvalue weighted by atomic mass is 10.1. The highest BCUT2D eigenvalue weighted by Gasteiger charge is 2.01. The quantitative estimate of drug-likeness (QED) is 0.411. The summed E-state index contributed by atoms with van der Waals surface area (Å²) in [6.45, 7) is 6.28. The number of unbranched alkanes of at least 4 members (excludes halogenated alkanes) is 3. The molecule has 0 unspecified atom stereocenters. The third-order valence-electron chi connectivity index (χ3n) is 2.11. The predicted molar refractivity (Wildman–Crippen MR) is 70.5 cm³/mol. The maximum Gasteiger partial charge on any atom is 0.330 e. The Bertz CT molecular complexity index is 200. The zero-order chi connectivity index (χ0) is 14.2. The summed E-state index contributed by atoms with van der Waals surface area (Å²) in [6, 6.07) is 0. The first-order valence-electron chi connectivity index (χ1n) is 6.30. The molecule has 3 N–H and O–H groups in total. The SMILES string of the molecule is C=C(CCCCCC)C(=O)O.OCCOCCO. The van der Waals surface area contributed by atoms with Crippen LogP contribution in [-0.2, 0) is 9.53 Å². The van der Waals surface area contributed by atoms with Crippen LogP contribution in [-0.4, -0.2) is 47.7 Å². The van der Waals surface area contributed by atoms with Gasteiger partial charge in [0.25, 0.3) is 0 Å². The van der Waals surface area contributed by atoms with Gasteiger partial charge < -0.3 is 20.1 Å². The highest BCUT2D eigenvalue weighted by Crippen LogP contribution is 2.07. The van der Waals surface area contributed by atoms with E-state index in [4.69, 9.17) is 15.3 Å². The van der Waals surface area contributed by atoms with Gasteiger partial charge in [-0.25, -0.2) is 4.79 Å². The average molecular weight is 262 g/mol. The molecule has 0 heterocycles. The molecular weight excluding hydrogens is 236 g/mol. The van der Waals surface area contributed by atoms with Crippen molar-refractivity contribution in [1.82, 2.24) is 0 Å². The van der Waals surface area contributed by atoms with Crippen LogP contribution in [0.15, 0.2) is 12.2 Å². The van der Waals surface area contributed by atoms with E-state index < -0.39 is 5.97 Å². The Morgan fingerprint density at radius 3 is 2.06 bits per heavy atom. The van der Waals surface area contributed by atoms with Gasteiger partial charge in [-0.05, 0) is 12.8 Å². The molecule has 108 valence electrons. The minimum absolute atomic E-state index is 0.0278. The molecule has 0 radical (unpaired) electrons. The van der Waals surface area contributed by atoms with Gasteiger partial charge in [0.2, 0.25) is 0 Å². The van der Waals surface area contributed by atoms with E-state index in [0.717, 1.165) is 12.8 Å². The number of ether oxygens (including phenoxy) is 1. The van der Waals surface area contributed by atoms with Gasteiger partial charge in [0.15, 0.2) is 0 Å². The van der Waals surface area contributed by atoms with Crippen molar-refractivity contribution in [1.29, 1.82) is 0 Å². The number of carboxylic acids is 1. The molecule has 0 aliphatic carbocycles. The number of rotatable bonds is 10. The van der Waals surface area contributed by atoms with Crippen LogP contribution in [0.2, 0.25) is 0 Å². The van der Waals surface area contributed by atoms with Crippen molar-refractivity contribution in [3.63, 3.8) is 0 Å². The van der Waals surface area contributed by atoms with Crippen LogP contribution in [0, 0.1) is 0 Å². The third-order valence-corrected chi connectivity index (χ3v) is 2.11. The minimum atomic E-state index is -0.860. The standard InChI is InChI=1S/C9H16O2.C4H10O3/c1-3-4-5-6-7-8(2)9(10)11;5-1-3-7-4-2-6/h2-7H2,1H3,(H,10,11);5-6H,1-4H2. The first kappa shape index (κ1) is 19.4. The first-order chi connectivity index (χ1) is 8.59. The van der Waals surface area contributed by atoms with Gasteiger partial charge in [0, 0.05) is 5.57 Å². The summed E-state index contributed by atoms with van der Waals surface area (Å²) in [7, 11) is 0. The fourth-order valence-corrected chi connectivity index (χ4v) is 1.10. The Balaban J connectivity index is 0. The van der Waals surface area contributed by atoms with E-state index >= 15 is 0 Å². The Kier molecular flexibility index (Phi) is 17.4. The van der Waals surface area contributed by atoms with Gasteiger partial charge in [0.1, 0.15) is 0 Å². The van der Waals surface area contributed by atoms with E-state index in [1.165, 1.54) is 12.8 Å². The number of carbonyl (C=O) groups is 1. The largest absolute Gasteiger partial charge is 0.478 e. The predicted octanol–water partition coefficient (Wildman–Crippen LogP) is 1.59. The number of aliphatic carboxylic acids is 1. The van der Waals surface area contributed by atoms with Gasteiger partial charge in [-0.2, -0.15) is 0 Å². The van der Waals surface area contributed by atoms with Crippen molar-refractivity contribution < 1.29 is 24.9 Å². The summed E-state index contributed by atoms with van der Waals surface area (Å²) in [4.78, 5) is 10.3. The zero-order valence-electron chi connectivity index (χ0n) is 11.2. The van der Waals surface area contributed by atoms with Crippen molar-refractivity contribution >= 4 is 5.97 Å². The van der Waals surface area contributed by atoms with Crippen molar-refractivity contribution in [2.24, 2.45) is 0 Å². The van der Waals surface area contributed by atoms with Crippen molar-refractivity contribution in [2.75, 3.05) is 26.4 Å². The van der Waals surface area contributed by atoms with E-state index in [1.807, 2.05) is 0 Å². The van der Waals surface area contributed by atoms with Crippen LogP contribution < -0.4 is 0 Å². The summed E-state index contributed by atoms with van der Waals surface area (Å²) >= 11 is 0. The minimum Gasteiger partial charge on any atom is -0.478 e. The van der Waals surface area contributed by atoms with E-state index in [2.05, 4.69) is 18.2 Å². The van der Waals surface area contributed by atoms with Gasteiger partial charge in [0.05, 0.1) is 26.4 Å². The molecule has 5 nitrogen and oxygen atoms in total. The summed E-state index contributed by atoms with van der Waals surface area (Å²) in [5, 5.41) is 24.6. The van der Waals surface area contributed by atoms with Gasteiger partial charge in [-0.3, -0.25) is 0 Å². The third kappa shape index (κ3) is 17.5. The summed E-state index contributed by atoms with van der Waals surface area (Å²) < 4.78 is 4.63. The molecule has 0 fully saturated rings. The lowest BCUT2D eigenvalue weighted by molar-refractivity contribution is -0.132. The van der Waals surface area contributed by atoms with E-state index in [1.54, 1.807) is 0 Å². The van der Waals surface area contributed by atoms with Crippen LogP contribution in [0.5, 0.6) is 0 Å². The number of carboxylic acid groups (broad SMARTS) is 1. The molecule has 0 saturated heterocycles. The number of hydrogen-bond donors (Lipinski definition) is 3. The molecule has 0 aliphatic rings. The molecule has 18 heavy (non-hydrogen) atoms.